The van der Waals surface area contributed by atoms with Crippen LogP contribution in [0.3, 0.4) is 0 Å². The third kappa shape index (κ3) is 2.52. The third-order valence-corrected chi connectivity index (χ3v) is 4.99. The number of anilines is 1. The zero-order valence-electron chi connectivity index (χ0n) is 15.2. The number of rotatable bonds is 4. The molecule has 13 heteroatoms. The van der Waals surface area contributed by atoms with Gasteiger partial charge in [0.15, 0.2) is 0 Å². The van der Waals surface area contributed by atoms with Gasteiger partial charge >= 0.3 is 35.3 Å². The van der Waals surface area contributed by atoms with E-state index in [-0.39, 0.29) is 24.0 Å². The summed E-state index contributed by atoms with van der Waals surface area (Å²) in [7, 11) is 0. The lowest BCUT2D eigenvalue weighted by Gasteiger charge is -2.51. The maximum atomic E-state index is 14.8. The summed E-state index contributed by atoms with van der Waals surface area (Å²) < 4.78 is 152. The Morgan fingerprint density at radius 1 is 0.700 bits per heavy atom. The van der Waals surface area contributed by atoms with Gasteiger partial charge in [-0.25, -0.2) is 4.39 Å². The van der Waals surface area contributed by atoms with E-state index < -0.39 is 46.9 Å². The van der Waals surface area contributed by atoms with Crippen molar-refractivity contribution in [2.45, 2.75) is 62.0 Å². The molecule has 0 bridgehead atoms. The summed E-state index contributed by atoms with van der Waals surface area (Å²) in [6, 6.07) is 3.84. The molecule has 0 spiro atoms. The number of carbonyl (C=O) groups is 1. The fourth-order valence-corrected chi connectivity index (χ4v) is 3.11. The predicted octanol–water partition coefficient (Wildman–Crippen LogP) is 5.65. The zero-order chi connectivity index (χ0) is 23.6. The second kappa shape index (κ2) is 6.71. The maximum absolute atomic E-state index is 14.8. The molecule has 1 aromatic rings. The summed E-state index contributed by atoms with van der Waals surface area (Å²) >= 11 is 0. The number of aryl methyl sites for hydroxylation is 2. The number of halogens is 11. The number of benzene rings is 1. The molecule has 0 radical (unpaired) electrons. The van der Waals surface area contributed by atoms with Crippen LogP contribution in [0.25, 0.3) is 0 Å². The topological polar surface area (TPSA) is 29.1 Å². The summed E-state index contributed by atoms with van der Waals surface area (Å²) in [5, 5.41) is 1.22. The van der Waals surface area contributed by atoms with E-state index >= 15 is 0 Å². The molecule has 0 heterocycles. The second-order valence-electron chi connectivity index (χ2n) is 6.64. The lowest BCUT2D eigenvalue weighted by molar-refractivity contribution is -0.475. The monoisotopic (exact) mass is 457 g/mol. The van der Waals surface area contributed by atoms with Gasteiger partial charge in [0.2, 0.25) is 0 Å². The first-order valence-corrected chi connectivity index (χ1v) is 8.40. The van der Waals surface area contributed by atoms with E-state index in [1.54, 1.807) is 0 Å². The van der Waals surface area contributed by atoms with E-state index in [4.69, 9.17) is 0 Å². The molecule has 1 fully saturated rings. The van der Waals surface area contributed by atoms with E-state index in [2.05, 4.69) is 0 Å². The van der Waals surface area contributed by atoms with Crippen LogP contribution in [0.1, 0.15) is 25.0 Å². The summed E-state index contributed by atoms with van der Waals surface area (Å²) in [5.74, 6) is -39.7. The Hall–Kier alpha value is -2.08. The van der Waals surface area contributed by atoms with Gasteiger partial charge < -0.3 is 5.32 Å². The molecule has 1 aliphatic carbocycles. The van der Waals surface area contributed by atoms with Gasteiger partial charge in [0.05, 0.1) is 0 Å². The normalized spacial score (nSPS) is 24.8. The lowest BCUT2D eigenvalue weighted by Crippen LogP contribution is -2.86. The van der Waals surface area contributed by atoms with E-state index in [1.165, 1.54) is 37.4 Å². The number of nitrogens with one attached hydrogen (secondary N) is 1. The van der Waals surface area contributed by atoms with E-state index in [1.807, 2.05) is 0 Å². The van der Waals surface area contributed by atoms with Crippen LogP contribution in [0.15, 0.2) is 18.2 Å². The minimum absolute atomic E-state index is 0.0000840. The Morgan fingerprint density at radius 3 is 1.37 bits per heavy atom. The molecule has 0 atom stereocenters. The van der Waals surface area contributed by atoms with Gasteiger partial charge in [-0.05, 0) is 24.0 Å². The van der Waals surface area contributed by atoms with Crippen LogP contribution >= 0.6 is 0 Å². The van der Waals surface area contributed by atoms with Crippen molar-refractivity contribution in [2.24, 2.45) is 0 Å². The van der Waals surface area contributed by atoms with Crippen LogP contribution in [0, 0.1) is 0 Å². The molecular formula is C17H14F11NO. The molecule has 30 heavy (non-hydrogen) atoms. The highest BCUT2D eigenvalue weighted by molar-refractivity contribution is 6.00. The SMILES string of the molecule is CCc1cccc(CC)c1NC(=O)C1(F)C(F)(F)C(F)(F)C(F)(F)C(F)(F)C1(F)F. The van der Waals surface area contributed by atoms with Crippen molar-refractivity contribution in [3.63, 3.8) is 0 Å². The van der Waals surface area contributed by atoms with Crippen LogP contribution in [-0.4, -0.2) is 41.2 Å². The van der Waals surface area contributed by atoms with Crippen LogP contribution in [0.5, 0.6) is 0 Å². The molecule has 2 rings (SSSR count). The van der Waals surface area contributed by atoms with Crippen molar-refractivity contribution < 1.29 is 53.1 Å². The van der Waals surface area contributed by atoms with Gasteiger partial charge in [0.25, 0.3) is 5.91 Å². The number of carbonyl (C=O) groups excluding carboxylic acids is 1. The highest BCUT2D eigenvalue weighted by Gasteiger charge is 3.02. The molecule has 0 unspecified atom stereocenters. The Kier molecular flexibility index (Phi) is 5.41. The number of hydrogen-bond acceptors (Lipinski definition) is 1. The average Bonchev–Trinajstić information content (AvgIpc) is 2.65. The first-order valence-electron chi connectivity index (χ1n) is 8.40. The predicted molar refractivity (Wildman–Crippen MR) is 82.4 cm³/mol. The van der Waals surface area contributed by atoms with Crippen LogP contribution < -0.4 is 5.32 Å². The van der Waals surface area contributed by atoms with Crippen LogP contribution in [0.2, 0.25) is 0 Å². The van der Waals surface area contributed by atoms with Crippen molar-refractivity contribution in [2.75, 3.05) is 5.32 Å². The number of amides is 1. The summed E-state index contributed by atoms with van der Waals surface area (Å²) in [6.07, 6.45) is -0.000168. The molecule has 1 aliphatic rings. The summed E-state index contributed by atoms with van der Waals surface area (Å²) in [6.45, 7) is 2.87. The van der Waals surface area contributed by atoms with Crippen molar-refractivity contribution in [1.29, 1.82) is 0 Å². The fourth-order valence-electron chi connectivity index (χ4n) is 3.11. The van der Waals surface area contributed by atoms with Crippen LogP contribution in [0.4, 0.5) is 54.0 Å². The van der Waals surface area contributed by atoms with Gasteiger partial charge in [-0.15, -0.1) is 0 Å². The van der Waals surface area contributed by atoms with Gasteiger partial charge in [-0.3, -0.25) is 4.79 Å². The smallest absolute Gasteiger partial charge is 0.322 e. The molecule has 170 valence electrons. The quantitative estimate of drug-likeness (QED) is 0.582. The highest BCUT2D eigenvalue weighted by atomic mass is 19.4. The standard InChI is InChI=1S/C17H14F11NO/c1-3-8-6-5-7-9(4-2)10(8)29-11(30)12(18)13(19,20)15(23,24)17(27,28)16(25,26)14(12,21)22/h5-7H,3-4H2,1-2H3,(H,29,30). The van der Waals surface area contributed by atoms with Gasteiger partial charge in [-0.2, -0.15) is 43.9 Å². The van der Waals surface area contributed by atoms with Crippen LogP contribution in [-0.2, 0) is 17.6 Å². The number of hydrogen-bond donors (Lipinski definition) is 1. The number of alkyl halides is 11. The molecule has 1 aromatic carbocycles. The van der Waals surface area contributed by atoms with Crippen molar-refractivity contribution in [3.05, 3.63) is 29.3 Å². The van der Waals surface area contributed by atoms with E-state index in [0.717, 1.165) is 0 Å². The van der Waals surface area contributed by atoms with E-state index in [0.29, 0.717) is 0 Å². The highest BCUT2D eigenvalue weighted by Crippen LogP contribution is 2.69. The second-order valence-corrected chi connectivity index (χ2v) is 6.64. The van der Waals surface area contributed by atoms with Gasteiger partial charge in [0.1, 0.15) is 0 Å². The molecule has 0 saturated heterocycles. The molecule has 2 nitrogen and oxygen atoms in total. The largest absolute Gasteiger partial charge is 0.384 e. The fraction of sp³-hybridized carbons (Fsp3) is 0.588. The first-order chi connectivity index (χ1) is 13.4. The first kappa shape index (κ1) is 24.2. The van der Waals surface area contributed by atoms with Crippen molar-refractivity contribution >= 4 is 11.6 Å². The lowest BCUT2D eigenvalue weighted by atomic mass is 9.71. The zero-order valence-corrected chi connectivity index (χ0v) is 15.2. The maximum Gasteiger partial charge on any atom is 0.384 e. The Labute approximate surface area is 162 Å². The molecule has 0 aromatic heterocycles. The van der Waals surface area contributed by atoms with Gasteiger partial charge in [0, 0.05) is 5.69 Å². The minimum atomic E-state index is -7.36. The third-order valence-electron chi connectivity index (χ3n) is 4.99. The molecular weight excluding hydrogens is 443 g/mol. The Balaban J connectivity index is 2.74. The molecule has 1 amide bonds. The van der Waals surface area contributed by atoms with E-state index in [9.17, 15) is 53.1 Å². The molecule has 1 N–H and O–H groups in total. The van der Waals surface area contributed by atoms with Crippen molar-refractivity contribution in [1.82, 2.24) is 0 Å². The molecule has 0 aliphatic heterocycles. The molecule has 1 saturated carbocycles. The summed E-state index contributed by atoms with van der Waals surface area (Å²) in [5.41, 5.74) is -7.18. The minimum Gasteiger partial charge on any atom is -0.322 e. The number of para-hydroxylation sites is 1. The van der Waals surface area contributed by atoms with Gasteiger partial charge in [-0.1, -0.05) is 32.0 Å². The average molecular weight is 457 g/mol. The Bertz CT molecular complexity index is 798. The van der Waals surface area contributed by atoms with Crippen molar-refractivity contribution in [3.8, 4) is 0 Å². The Morgan fingerprint density at radius 2 is 1.03 bits per heavy atom. The summed E-state index contributed by atoms with van der Waals surface area (Å²) in [4.78, 5) is 12.1.